The molecule has 0 aliphatic rings. The van der Waals surface area contributed by atoms with Crippen molar-refractivity contribution in [3.05, 3.63) is 62.9 Å². The first-order valence-electron chi connectivity index (χ1n) is 5.10. The Bertz CT molecular complexity index is 634. The number of ketones is 1. The van der Waals surface area contributed by atoms with Crippen molar-refractivity contribution in [3.63, 3.8) is 0 Å². The van der Waals surface area contributed by atoms with Crippen molar-refractivity contribution in [1.82, 2.24) is 4.57 Å². The topological polar surface area (TPSA) is 65.1 Å². The second kappa shape index (κ2) is 4.62. The predicted molar refractivity (Wildman–Crippen MR) is 67.0 cm³/mol. The molecule has 0 atom stereocenters. The molecule has 18 heavy (non-hydrogen) atoms. The molecule has 0 N–H and O–H groups in total. The normalized spacial score (nSPS) is 10.3. The van der Waals surface area contributed by atoms with E-state index in [0.717, 1.165) is 0 Å². The van der Waals surface area contributed by atoms with E-state index in [4.69, 9.17) is 11.6 Å². The molecule has 2 aromatic rings. The Hall–Kier alpha value is -2.14. The van der Waals surface area contributed by atoms with E-state index in [9.17, 15) is 14.9 Å². The molecular formula is C12H9ClN2O3. The summed E-state index contributed by atoms with van der Waals surface area (Å²) in [6.45, 7) is 0. The first-order valence-corrected chi connectivity index (χ1v) is 5.48. The van der Waals surface area contributed by atoms with Crippen molar-refractivity contribution in [2.45, 2.75) is 0 Å². The Morgan fingerprint density at radius 2 is 2.11 bits per heavy atom. The number of benzene rings is 1. The number of aryl methyl sites for hydroxylation is 1. The van der Waals surface area contributed by atoms with Gasteiger partial charge in [-0.2, -0.15) is 0 Å². The Morgan fingerprint density at radius 1 is 1.39 bits per heavy atom. The lowest BCUT2D eigenvalue weighted by Gasteiger charge is -2.04. The Balaban J connectivity index is 2.51. The van der Waals surface area contributed by atoms with Crippen LogP contribution in [0.15, 0.2) is 36.5 Å². The number of rotatable bonds is 3. The summed E-state index contributed by atoms with van der Waals surface area (Å²) < 4.78 is 1.64. The van der Waals surface area contributed by atoms with Crippen LogP contribution in [-0.4, -0.2) is 15.3 Å². The van der Waals surface area contributed by atoms with Crippen molar-refractivity contribution in [3.8, 4) is 0 Å². The third-order valence-electron chi connectivity index (χ3n) is 2.58. The summed E-state index contributed by atoms with van der Waals surface area (Å²) in [5.41, 5.74) is 0.405. The van der Waals surface area contributed by atoms with Gasteiger partial charge in [-0.25, -0.2) is 0 Å². The molecule has 0 spiro atoms. The highest BCUT2D eigenvalue weighted by atomic mass is 35.5. The van der Waals surface area contributed by atoms with Crippen LogP contribution in [0, 0.1) is 10.1 Å². The van der Waals surface area contributed by atoms with E-state index in [1.165, 1.54) is 18.2 Å². The first-order chi connectivity index (χ1) is 8.50. The van der Waals surface area contributed by atoms with Gasteiger partial charge in [0.2, 0.25) is 5.78 Å². The first kappa shape index (κ1) is 12.3. The van der Waals surface area contributed by atoms with Gasteiger partial charge in [-0.3, -0.25) is 14.9 Å². The van der Waals surface area contributed by atoms with Crippen LogP contribution in [0.3, 0.4) is 0 Å². The molecule has 5 nitrogen and oxygen atoms in total. The molecule has 0 aliphatic heterocycles. The number of carbonyl (C=O) groups is 1. The van der Waals surface area contributed by atoms with Crippen LogP contribution >= 0.6 is 11.6 Å². The number of aromatic nitrogens is 1. The minimum Gasteiger partial charge on any atom is -0.348 e. The molecule has 92 valence electrons. The van der Waals surface area contributed by atoms with Gasteiger partial charge in [0.1, 0.15) is 0 Å². The third-order valence-corrected chi connectivity index (χ3v) is 2.91. The molecule has 0 fully saturated rings. The molecular weight excluding hydrogens is 256 g/mol. The van der Waals surface area contributed by atoms with E-state index in [1.807, 2.05) is 0 Å². The van der Waals surface area contributed by atoms with Gasteiger partial charge in [-0.05, 0) is 18.2 Å². The van der Waals surface area contributed by atoms with Crippen molar-refractivity contribution in [2.24, 2.45) is 7.05 Å². The fourth-order valence-corrected chi connectivity index (χ4v) is 1.84. The van der Waals surface area contributed by atoms with Gasteiger partial charge in [0, 0.05) is 30.9 Å². The number of carbonyl (C=O) groups excluding carboxylic acids is 1. The van der Waals surface area contributed by atoms with Crippen LogP contribution in [0.5, 0.6) is 0 Å². The lowest BCUT2D eigenvalue weighted by molar-refractivity contribution is -0.384. The Labute approximate surface area is 108 Å². The summed E-state index contributed by atoms with van der Waals surface area (Å²) in [7, 11) is 1.72. The SMILES string of the molecule is Cn1cccc1C(=O)c1cc([N+](=O)[O-])ccc1Cl. The minimum absolute atomic E-state index is 0.132. The van der Waals surface area contributed by atoms with Crippen LogP contribution in [0.25, 0.3) is 0 Å². The predicted octanol–water partition coefficient (Wildman–Crippen LogP) is 2.82. The minimum atomic E-state index is -0.557. The molecule has 0 saturated carbocycles. The summed E-state index contributed by atoms with van der Waals surface area (Å²) in [6.07, 6.45) is 1.72. The zero-order valence-electron chi connectivity index (χ0n) is 9.46. The molecule has 1 aromatic carbocycles. The molecule has 0 bridgehead atoms. The van der Waals surface area contributed by atoms with Crippen molar-refractivity contribution < 1.29 is 9.72 Å². The second-order valence-corrected chi connectivity index (χ2v) is 4.16. The van der Waals surface area contributed by atoms with Crippen LogP contribution in [0.4, 0.5) is 5.69 Å². The number of non-ortho nitro benzene ring substituents is 1. The zero-order chi connectivity index (χ0) is 13.3. The van der Waals surface area contributed by atoms with E-state index < -0.39 is 4.92 Å². The summed E-state index contributed by atoms with van der Waals surface area (Å²) in [5, 5.41) is 10.9. The maximum absolute atomic E-state index is 12.2. The van der Waals surface area contributed by atoms with Crippen molar-refractivity contribution >= 4 is 23.1 Å². The van der Waals surface area contributed by atoms with E-state index in [0.29, 0.717) is 5.69 Å². The van der Waals surface area contributed by atoms with E-state index >= 15 is 0 Å². The molecule has 2 rings (SSSR count). The smallest absolute Gasteiger partial charge is 0.270 e. The average molecular weight is 265 g/mol. The summed E-state index contributed by atoms with van der Waals surface area (Å²) in [4.78, 5) is 22.3. The maximum Gasteiger partial charge on any atom is 0.270 e. The molecule has 0 aliphatic carbocycles. The van der Waals surface area contributed by atoms with Gasteiger partial charge < -0.3 is 4.57 Å². The largest absolute Gasteiger partial charge is 0.348 e. The number of hydrogen-bond donors (Lipinski definition) is 0. The number of halogens is 1. The zero-order valence-corrected chi connectivity index (χ0v) is 10.2. The van der Waals surface area contributed by atoms with E-state index in [2.05, 4.69) is 0 Å². The fourth-order valence-electron chi connectivity index (χ4n) is 1.64. The summed E-state index contributed by atoms with van der Waals surface area (Å²) in [5.74, 6) is -0.337. The highest BCUT2D eigenvalue weighted by Crippen LogP contribution is 2.24. The van der Waals surface area contributed by atoms with Gasteiger partial charge in [-0.1, -0.05) is 11.6 Å². The van der Waals surface area contributed by atoms with Crippen LogP contribution < -0.4 is 0 Å². The lowest BCUT2D eigenvalue weighted by Crippen LogP contribution is -2.07. The van der Waals surface area contributed by atoms with Crippen LogP contribution in [0.1, 0.15) is 16.1 Å². The third kappa shape index (κ3) is 2.12. The number of nitrogens with zero attached hydrogens (tertiary/aromatic N) is 2. The van der Waals surface area contributed by atoms with Gasteiger partial charge in [0.25, 0.3) is 5.69 Å². The van der Waals surface area contributed by atoms with Crippen molar-refractivity contribution in [1.29, 1.82) is 0 Å². The Kier molecular flexibility index (Phi) is 3.16. The molecule has 0 unspecified atom stereocenters. The fraction of sp³-hybridized carbons (Fsp3) is 0.0833. The van der Waals surface area contributed by atoms with Crippen molar-refractivity contribution in [2.75, 3.05) is 0 Å². The molecule has 6 heteroatoms. The van der Waals surface area contributed by atoms with Gasteiger partial charge >= 0.3 is 0 Å². The molecule has 1 aromatic heterocycles. The highest BCUT2D eigenvalue weighted by Gasteiger charge is 2.18. The van der Waals surface area contributed by atoms with Gasteiger partial charge in [0.15, 0.2) is 0 Å². The number of hydrogen-bond acceptors (Lipinski definition) is 3. The molecule has 0 radical (unpaired) electrons. The second-order valence-electron chi connectivity index (χ2n) is 3.75. The van der Waals surface area contributed by atoms with Crippen LogP contribution in [0.2, 0.25) is 5.02 Å². The van der Waals surface area contributed by atoms with Crippen LogP contribution in [-0.2, 0) is 7.05 Å². The number of nitro groups is 1. The lowest BCUT2D eigenvalue weighted by atomic mass is 10.1. The molecule has 0 amide bonds. The monoisotopic (exact) mass is 264 g/mol. The summed E-state index contributed by atoms with van der Waals surface area (Å²) in [6, 6.07) is 7.17. The van der Waals surface area contributed by atoms with Gasteiger partial charge in [-0.15, -0.1) is 0 Å². The van der Waals surface area contributed by atoms with E-state index in [-0.39, 0.29) is 22.1 Å². The number of nitro benzene ring substituents is 1. The Morgan fingerprint density at radius 3 is 2.67 bits per heavy atom. The maximum atomic E-state index is 12.2. The summed E-state index contributed by atoms with van der Waals surface area (Å²) >= 11 is 5.91. The van der Waals surface area contributed by atoms with Gasteiger partial charge in [0.05, 0.1) is 15.6 Å². The standard InChI is InChI=1S/C12H9ClN2O3/c1-14-6-2-3-11(14)12(16)9-7-8(15(17)18)4-5-10(9)13/h2-7H,1H3. The molecule has 1 heterocycles. The average Bonchev–Trinajstić information content (AvgIpc) is 2.75. The highest BCUT2D eigenvalue weighted by molar-refractivity contribution is 6.35. The molecule has 0 saturated heterocycles. The quantitative estimate of drug-likeness (QED) is 0.486. The van der Waals surface area contributed by atoms with E-state index in [1.54, 1.807) is 29.9 Å².